The summed E-state index contributed by atoms with van der Waals surface area (Å²) in [6, 6.07) is 32.9. The molecule has 238 valence electrons. The molecule has 0 aliphatic carbocycles. The van der Waals surface area contributed by atoms with Gasteiger partial charge in [0.25, 0.3) is 5.91 Å². The molecule has 3 amide bonds. The van der Waals surface area contributed by atoms with Gasteiger partial charge in [0, 0.05) is 0 Å². The molecule has 2 aliphatic rings. The van der Waals surface area contributed by atoms with Crippen molar-refractivity contribution in [1.82, 2.24) is 15.3 Å². The van der Waals surface area contributed by atoms with E-state index in [9.17, 15) is 24.3 Å². The standard InChI is InChI=1S/C36H31N3O7S/c40-23-38(45-22-25-10-4-1-5-11-25)32-34(43)39-29(21-31(47-35(32)39)37-30(42)20-24-16-18-28(41)19-17-24)36(44)46-33(26-12-6-2-7-13-26)27-14-8-3-9-15-27/h1-19,21,23,31-33,35,41H,20,22H2,(H,37,42)/t31?,32?,35-/m1/s1. The fraction of sp³-hybridized carbons (Fsp3) is 0.167. The minimum absolute atomic E-state index is 0.0203. The Kier molecular flexibility index (Phi) is 9.65. The van der Waals surface area contributed by atoms with Gasteiger partial charge in [0.1, 0.15) is 23.4 Å². The highest BCUT2D eigenvalue weighted by atomic mass is 32.2. The van der Waals surface area contributed by atoms with Crippen LogP contribution in [0.25, 0.3) is 0 Å². The topological polar surface area (TPSA) is 125 Å². The lowest BCUT2D eigenvalue weighted by Crippen LogP contribution is -2.71. The number of ether oxygens (including phenoxy) is 1. The van der Waals surface area contributed by atoms with Gasteiger partial charge in [0.15, 0.2) is 12.1 Å². The third kappa shape index (κ3) is 7.21. The Morgan fingerprint density at radius 3 is 2.06 bits per heavy atom. The second-order valence-electron chi connectivity index (χ2n) is 10.9. The quantitative estimate of drug-likeness (QED) is 0.0998. The molecule has 10 nitrogen and oxygen atoms in total. The van der Waals surface area contributed by atoms with Crippen molar-refractivity contribution in [2.45, 2.75) is 35.9 Å². The number of phenols is 1. The summed E-state index contributed by atoms with van der Waals surface area (Å²) in [4.78, 5) is 59.9. The predicted molar refractivity (Wildman–Crippen MR) is 174 cm³/mol. The number of phenolic OH excluding ortho intramolecular Hbond substituents is 1. The van der Waals surface area contributed by atoms with E-state index in [4.69, 9.17) is 9.57 Å². The van der Waals surface area contributed by atoms with Gasteiger partial charge in [-0.1, -0.05) is 103 Å². The molecule has 0 aromatic heterocycles. The maximum Gasteiger partial charge on any atom is 0.355 e. The van der Waals surface area contributed by atoms with Gasteiger partial charge in [-0.3, -0.25) is 24.1 Å². The molecule has 4 aromatic carbocycles. The predicted octanol–water partition coefficient (Wildman–Crippen LogP) is 4.47. The maximum atomic E-state index is 14.0. The number of amides is 3. The highest BCUT2D eigenvalue weighted by Gasteiger charge is 2.57. The van der Waals surface area contributed by atoms with E-state index < -0.39 is 34.8 Å². The smallest absolute Gasteiger partial charge is 0.355 e. The molecule has 2 N–H and O–H groups in total. The number of fused-ring (bicyclic) bond motifs is 1. The highest BCUT2D eigenvalue weighted by Crippen LogP contribution is 2.43. The van der Waals surface area contributed by atoms with E-state index in [2.05, 4.69) is 5.32 Å². The number of benzene rings is 4. The van der Waals surface area contributed by atoms with Gasteiger partial charge in [-0.05, 0) is 40.5 Å². The molecule has 0 bridgehead atoms. The average molecular weight is 650 g/mol. The van der Waals surface area contributed by atoms with Crippen LogP contribution in [-0.4, -0.2) is 56.1 Å². The molecule has 0 saturated carbocycles. The molecule has 11 heteroatoms. The lowest BCUT2D eigenvalue weighted by Gasteiger charge is -2.51. The minimum atomic E-state index is -1.05. The van der Waals surface area contributed by atoms with Crippen molar-refractivity contribution in [3.8, 4) is 5.75 Å². The van der Waals surface area contributed by atoms with Gasteiger partial charge in [0.05, 0.1) is 11.8 Å². The Labute approximate surface area is 275 Å². The van der Waals surface area contributed by atoms with Crippen LogP contribution in [0.3, 0.4) is 0 Å². The third-order valence-corrected chi connectivity index (χ3v) is 9.01. The van der Waals surface area contributed by atoms with Crippen LogP contribution in [-0.2, 0) is 41.8 Å². The number of rotatable bonds is 12. The number of nitrogens with one attached hydrogen (secondary N) is 1. The van der Waals surface area contributed by atoms with E-state index in [-0.39, 0.29) is 30.4 Å². The molecule has 6 rings (SSSR count). The molecule has 2 aliphatic heterocycles. The van der Waals surface area contributed by atoms with Crippen LogP contribution in [0, 0.1) is 0 Å². The van der Waals surface area contributed by atoms with Crippen molar-refractivity contribution in [3.63, 3.8) is 0 Å². The number of β-lactam (4-membered cyclic amide) rings is 1. The SMILES string of the molecule is O=CN(OCc1ccccc1)C1C(=O)N2C(C(=O)OC(c3ccccc3)c3ccccc3)=CC(NC(=O)Cc3ccc(O)cc3)S[C@H]12. The number of nitrogens with zero attached hydrogens (tertiary/aromatic N) is 2. The Balaban J connectivity index is 1.26. The van der Waals surface area contributed by atoms with E-state index in [1.165, 1.54) is 34.9 Å². The molecule has 0 spiro atoms. The summed E-state index contributed by atoms with van der Waals surface area (Å²) in [6.45, 7) is 0.0497. The van der Waals surface area contributed by atoms with Gasteiger partial charge in [-0.25, -0.2) is 9.86 Å². The van der Waals surface area contributed by atoms with Crippen molar-refractivity contribution in [1.29, 1.82) is 0 Å². The van der Waals surface area contributed by atoms with Crippen LogP contribution >= 0.6 is 11.8 Å². The van der Waals surface area contributed by atoms with Crippen molar-refractivity contribution < 1.29 is 33.9 Å². The Morgan fingerprint density at radius 1 is 0.872 bits per heavy atom. The minimum Gasteiger partial charge on any atom is -0.508 e. The number of hydrogen-bond donors (Lipinski definition) is 2. The van der Waals surface area contributed by atoms with Crippen LogP contribution in [0.5, 0.6) is 5.75 Å². The van der Waals surface area contributed by atoms with Crippen molar-refractivity contribution in [3.05, 3.63) is 149 Å². The monoisotopic (exact) mass is 649 g/mol. The van der Waals surface area contributed by atoms with E-state index in [1.807, 2.05) is 91.0 Å². The number of hydroxylamine groups is 2. The van der Waals surface area contributed by atoms with Gasteiger partial charge in [-0.15, -0.1) is 11.8 Å². The summed E-state index contributed by atoms with van der Waals surface area (Å²) < 4.78 is 6.09. The number of carbonyl (C=O) groups is 4. The first-order chi connectivity index (χ1) is 22.9. The summed E-state index contributed by atoms with van der Waals surface area (Å²) in [5, 5.41) is 12.0. The van der Waals surface area contributed by atoms with Crippen molar-refractivity contribution in [2.24, 2.45) is 0 Å². The van der Waals surface area contributed by atoms with Gasteiger partial charge in [0.2, 0.25) is 12.3 Å². The zero-order chi connectivity index (χ0) is 32.8. The van der Waals surface area contributed by atoms with Gasteiger partial charge < -0.3 is 15.2 Å². The molecule has 2 heterocycles. The summed E-state index contributed by atoms with van der Waals surface area (Å²) in [6.07, 6.45) is 1.19. The van der Waals surface area contributed by atoms with Crippen LogP contribution in [0.4, 0.5) is 0 Å². The first-order valence-corrected chi connectivity index (χ1v) is 15.8. The van der Waals surface area contributed by atoms with Crippen LogP contribution in [0.1, 0.15) is 28.4 Å². The first-order valence-electron chi connectivity index (χ1n) is 14.9. The second kappa shape index (κ2) is 14.4. The normalized spacial score (nSPS) is 18.4. The largest absolute Gasteiger partial charge is 0.508 e. The van der Waals surface area contributed by atoms with E-state index in [0.29, 0.717) is 12.0 Å². The molecular formula is C36H31N3O7S. The lowest BCUT2D eigenvalue weighted by molar-refractivity contribution is -0.213. The van der Waals surface area contributed by atoms with E-state index in [1.54, 1.807) is 12.1 Å². The van der Waals surface area contributed by atoms with Crippen molar-refractivity contribution >= 4 is 36.0 Å². The first kappa shape index (κ1) is 31.6. The number of esters is 1. The lowest BCUT2D eigenvalue weighted by atomic mass is 10.0. The Hall–Kier alpha value is -5.39. The zero-order valence-electron chi connectivity index (χ0n) is 25.0. The molecule has 1 fully saturated rings. The average Bonchev–Trinajstić information content (AvgIpc) is 3.10. The molecule has 47 heavy (non-hydrogen) atoms. The van der Waals surface area contributed by atoms with Crippen molar-refractivity contribution in [2.75, 3.05) is 0 Å². The summed E-state index contributed by atoms with van der Waals surface area (Å²) >= 11 is 1.20. The Bertz CT molecular complexity index is 1710. The highest BCUT2D eigenvalue weighted by molar-refractivity contribution is 8.00. The maximum absolute atomic E-state index is 14.0. The molecule has 0 radical (unpaired) electrons. The number of aromatic hydroxyl groups is 1. The van der Waals surface area contributed by atoms with E-state index in [0.717, 1.165) is 21.8 Å². The summed E-state index contributed by atoms with van der Waals surface area (Å²) in [5.41, 5.74) is 2.91. The fourth-order valence-electron chi connectivity index (χ4n) is 5.39. The van der Waals surface area contributed by atoms with Crippen LogP contribution in [0.15, 0.2) is 127 Å². The molecular weight excluding hydrogens is 618 g/mol. The van der Waals surface area contributed by atoms with E-state index >= 15 is 0 Å². The molecule has 2 unspecified atom stereocenters. The Morgan fingerprint density at radius 2 is 1.47 bits per heavy atom. The molecule has 1 saturated heterocycles. The van der Waals surface area contributed by atoms with Crippen LogP contribution in [0.2, 0.25) is 0 Å². The summed E-state index contributed by atoms with van der Waals surface area (Å²) in [7, 11) is 0. The third-order valence-electron chi connectivity index (χ3n) is 7.71. The number of hydrogen-bond acceptors (Lipinski definition) is 8. The van der Waals surface area contributed by atoms with Gasteiger partial charge in [-0.2, -0.15) is 0 Å². The summed E-state index contributed by atoms with van der Waals surface area (Å²) in [5.74, 6) is -1.54. The second-order valence-corrected chi connectivity index (χ2v) is 12.2. The zero-order valence-corrected chi connectivity index (χ0v) is 25.9. The number of carbonyl (C=O) groups excluding carboxylic acids is 4. The molecule has 3 atom stereocenters. The fourth-order valence-corrected chi connectivity index (χ4v) is 6.82. The van der Waals surface area contributed by atoms with Gasteiger partial charge >= 0.3 is 5.97 Å². The molecule has 4 aromatic rings. The number of thioether (sulfide) groups is 1. The van der Waals surface area contributed by atoms with Crippen LogP contribution < -0.4 is 5.32 Å².